The molecule has 0 aromatic heterocycles. The van der Waals surface area contributed by atoms with Gasteiger partial charge < -0.3 is 9.84 Å². The molecule has 0 radical (unpaired) electrons. The zero-order chi connectivity index (χ0) is 18.3. The molecular weight excluding hydrogens is 302 g/mol. The molecule has 1 aromatic carbocycles. The molecule has 1 N–H and O–H groups in total. The highest BCUT2D eigenvalue weighted by molar-refractivity contribution is 5.74. The van der Waals surface area contributed by atoms with Gasteiger partial charge in [0.05, 0.1) is 12.5 Å². The molecule has 1 rings (SSSR count). The van der Waals surface area contributed by atoms with Gasteiger partial charge >= 0.3 is 5.97 Å². The van der Waals surface area contributed by atoms with E-state index in [1.165, 1.54) is 0 Å². The van der Waals surface area contributed by atoms with E-state index in [9.17, 15) is 9.90 Å². The van der Waals surface area contributed by atoms with Crippen LogP contribution in [0.4, 0.5) is 0 Å². The molecule has 0 saturated carbocycles. The van der Waals surface area contributed by atoms with Crippen molar-refractivity contribution in [2.24, 2.45) is 5.92 Å². The van der Waals surface area contributed by atoms with E-state index in [0.717, 1.165) is 30.5 Å². The fourth-order valence-electron chi connectivity index (χ4n) is 2.82. The third-order valence-electron chi connectivity index (χ3n) is 4.18. The first-order valence-corrected chi connectivity index (χ1v) is 8.96. The summed E-state index contributed by atoms with van der Waals surface area (Å²) in [4.78, 5) is 14.4. The van der Waals surface area contributed by atoms with E-state index in [1.807, 2.05) is 19.9 Å². The zero-order valence-corrected chi connectivity index (χ0v) is 16.0. The average Bonchev–Trinajstić information content (AvgIpc) is 2.51. The Kier molecular flexibility index (Phi) is 8.43. The number of aryl methyl sites for hydroxylation is 1. The maximum absolute atomic E-state index is 11.9. The van der Waals surface area contributed by atoms with Gasteiger partial charge in [-0.1, -0.05) is 19.9 Å². The minimum atomic E-state index is -0.223. The summed E-state index contributed by atoms with van der Waals surface area (Å²) in [5, 5.41) is 9.37. The van der Waals surface area contributed by atoms with Crippen LogP contribution in [-0.2, 0) is 17.8 Å². The molecule has 0 saturated heterocycles. The van der Waals surface area contributed by atoms with Crippen molar-refractivity contribution in [3.63, 3.8) is 0 Å². The SMILES string of the molecule is CC(C)C(=O)Oc1ccc(CO)cc1CCCN(C(C)C)C(C)C. The minimum Gasteiger partial charge on any atom is -0.426 e. The van der Waals surface area contributed by atoms with Gasteiger partial charge in [-0.2, -0.15) is 0 Å². The standard InChI is InChI=1S/C20H33NO3/c1-14(2)20(23)24-19-10-9-17(13-22)12-18(19)8-7-11-21(15(3)4)16(5)6/h9-10,12,14-16,22H,7-8,11,13H2,1-6H3. The fraction of sp³-hybridized carbons (Fsp3) is 0.650. The van der Waals surface area contributed by atoms with Crippen molar-refractivity contribution in [2.45, 2.75) is 73.1 Å². The van der Waals surface area contributed by atoms with Crippen molar-refractivity contribution in [1.29, 1.82) is 0 Å². The van der Waals surface area contributed by atoms with E-state index in [0.29, 0.717) is 17.8 Å². The molecule has 4 heteroatoms. The van der Waals surface area contributed by atoms with Crippen LogP contribution in [0.2, 0.25) is 0 Å². The van der Waals surface area contributed by atoms with E-state index >= 15 is 0 Å². The fourth-order valence-corrected chi connectivity index (χ4v) is 2.82. The summed E-state index contributed by atoms with van der Waals surface area (Å²) >= 11 is 0. The molecule has 0 bridgehead atoms. The van der Waals surface area contributed by atoms with Gasteiger partial charge in [0.25, 0.3) is 0 Å². The molecule has 0 unspecified atom stereocenters. The molecule has 0 atom stereocenters. The van der Waals surface area contributed by atoms with E-state index < -0.39 is 0 Å². The molecule has 0 aliphatic rings. The van der Waals surface area contributed by atoms with Gasteiger partial charge in [0.1, 0.15) is 5.75 Å². The predicted molar refractivity (Wildman–Crippen MR) is 98.1 cm³/mol. The van der Waals surface area contributed by atoms with Crippen LogP contribution in [0.15, 0.2) is 18.2 Å². The molecule has 1 aromatic rings. The van der Waals surface area contributed by atoms with Crippen LogP contribution in [0.5, 0.6) is 5.75 Å². The molecule has 24 heavy (non-hydrogen) atoms. The summed E-state index contributed by atoms with van der Waals surface area (Å²) in [5.41, 5.74) is 1.84. The predicted octanol–water partition coefficient (Wildman–Crippen LogP) is 3.79. The second-order valence-electron chi connectivity index (χ2n) is 7.20. The molecule has 0 aliphatic carbocycles. The third kappa shape index (κ3) is 6.25. The topological polar surface area (TPSA) is 49.8 Å². The highest BCUT2D eigenvalue weighted by atomic mass is 16.5. The lowest BCUT2D eigenvalue weighted by atomic mass is 10.0. The summed E-state index contributed by atoms with van der Waals surface area (Å²) < 4.78 is 5.52. The van der Waals surface area contributed by atoms with E-state index in [-0.39, 0.29) is 18.5 Å². The van der Waals surface area contributed by atoms with Crippen LogP contribution >= 0.6 is 0 Å². The number of ether oxygens (including phenoxy) is 1. The molecular formula is C20H33NO3. The molecule has 136 valence electrons. The smallest absolute Gasteiger partial charge is 0.313 e. The van der Waals surface area contributed by atoms with Crippen molar-refractivity contribution < 1.29 is 14.6 Å². The van der Waals surface area contributed by atoms with Crippen LogP contribution in [0.1, 0.15) is 59.1 Å². The largest absolute Gasteiger partial charge is 0.426 e. The summed E-state index contributed by atoms with van der Waals surface area (Å²) in [5.74, 6) is 0.235. The summed E-state index contributed by atoms with van der Waals surface area (Å²) in [7, 11) is 0. The molecule has 0 heterocycles. The first-order chi connectivity index (χ1) is 11.3. The Hall–Kier alpha value is -1.39. The number of esters is 1. The Balaban J connectivity index is 2.82. The number of aliphatic hydroxyl groups excluding tert-OH is 1. The Morgan fingerprint density at radius 3 is 2.25 bits per heavy atom. The summed E-state index contributed by atoms with van der Waals surface area (Å²) in [6, 6.07) is 6.56. The molecule has 0 spiro atoms. The summed E-state index contributed by atoms with van der Waals surface area (Å²) in [6.45, 7) is 13.5. The number of benzene rings is 1. The minimum absolute atomic E-state index is 0.00444. The van der Waals surface area contributed by atoms with Crippen molar-refractivity contribution in [2.75, 3.05) is 6.54 Å². The Morgan fingerprint density at radius 2 is 1.75 bits per heavy atom. The van der Waals surface area contributed by atoms with Gasteiger partial charge in [-0.3, -0.25) is 9.69 Å². The van der Waals surface area contributed by atoms with Crippen LogP contribution in [0.3, 0.4) is 0 Å². The van der Waals surface area contributed by atoms with Crippen LogP contribution in [-0.4, -0.2) is 34.6 Å². The van der Waals surface area contributed by atoms with Crippen LogP contribution < -0.4 is 4.74 Å². The van der Waals surface area contributed by atoms with Crippen LogP contribution in [0, 0.1) is 5.92 Å². The maximum atomic E-state index is 11.9. The molecule has 4 nitrogen and oxygen atoms in total. The molecule has 0 fully saturated rings. The number of rotatable bonds is 9. The van der Waals surface area contributed by atoms with E-state index in [1.54, 1.807) is 12.1 Å². The van der Waals surface area contributed by atoms with Gasteiger partial charge in [-0.25, -0.2) is 0 Å². The zero-order valence-electron chi connectivity index (χ0n) is 16.0. The van der Waals surface area contributed by atoms with Crippen LogP contribution in [0.25, 0.3) is 0 Å². The van der Waals surface area contributed by atoms with Crippen molar-refractivity contribution in [3.8, 4) is 5.75 Å². The lowest BCUT2D eigenvalue weighted by molar-refractivity contribution is -0.137. The first-order valence-electron chi connectivity index (χ1n) is 8.96. The van der Waals surface area contributed by atoms with Crippen molar-refractivity contribution >= 4 is 5.97 Å². The maximum Gasteiger partial charge on any atom is 0.313 e. The number of hydrogen-bond acceptors (Lipinski definition) is 4. The number of carbonyl (C=O) groups is 1. The lowest BCUT2D eigenvalue weighted by Gasteiger charge is -2.30. The second-order valence-corrected chi connectivity index (χ2v) is 7.20. The van der Waals surface area contributed by atoms with Gasteiger partial charge in [0, 0.05) is 12.1 Å². The first kappa shape index (κ1) is 20.7. The average molecular weight is 335 g/mol. The highest BCUT2D eigenvalue weighted by Gasteiger charge is 2.15. The highest BCUT2D eigenvalue weighted by Crippen LogP contribution is 2.23. The summed E-state index contributed by atoms with van der Waals surface area (Å²) in [6.07, 6.45) is 1.81. The molecule has 0 amide bonds. The monoisotopic (exact) mass is 335 g/mol. The molecule has 0 aliphatic heterocycles. The van der Waals surface area contributed by atoms with Crippen molar-refractivity contribution in [1.82, 2.24) is 4.90 Å². The van der Waals surface area contributed by atoms with Crippen molar-refractivity contribution in [3.05, 3.63) is 29.3 Å². The Morgan fingerprint density at radius 1 is 1.12 bits per heavy atom. The van der Waals surface area contributed by atoms with E-state index in [4.69, 9.17) is 4.74 Å². The van der Waals surface area contributed by atoms with Gasteiger partial charge in [0.15, 0.2) is 0 Å². The number of aliphatic hydroxyl groups is 1. The number of nitrogens with zero attached hydrogens (tertiary/aromatic N) is 1. The second kappa shape index (κ2) is 9.80. The van der Waals surface area contributed by atoms with Gasteiger partial charge in [-0.05, 0) is 70.3 Å². The van der Waals surface area contributed by atoms with Gasteiger partial charge in [-0.15, -0.1) is 0 Å². The quantitative estimate of drug-likeness (QED) is 0.551. The Bertz CT molecular complexity index is 516. The number of hydrogen-bond donors (Lipinski definition) is 1. The van der Waals surface area contributed by atoms with Gasteiger partial charge in [0.2, 0.25) is 0 Å². The Labute approximate surface area is 146 Å². The van der Waals surface area contributed by atoms with E-state index in [2.05, 4.69) is 32.6 Å². The lowest BCUT2D eigenvalue weighted by Crippen LogP contribution is -2.37. The normalized spacial score (nSPS) is 11.8. The third-order valence-corrected chi connectivity index (χ3v) is 4.18. The number of carbonyl (C=O) groups excluding carboxylic acids is 1.